The Bertz CT molecular complexity index is 454. The summed E-state index contributed by atoms with van der Waals surface area (Å²) in [6.07, 6.45) is -7.80. The van der Waals surface area contributed by atoms with E-state index in [2.05, 4.69) is 5.32 Å². The average molecular weight is 297 g/mol. The maximum atomic E-state index is 12.7. The first-order valence-corrected chi connectivity index (χ1v) is 6.13. The van der Waals surface area contributed by atoms with E-state index in [0.29, 0.717) is 0 Å². The van der Waals surface area contributed by atoms with Crippen LogP contribution in [0, 0.1) is 0 Å². The van der Waals surface area contributed by atoms with E-state index >= 15 is 0 Å². The molecule has 1 fully saturated rings. The second-order valence-electron chi connectivity index (χ2n) is 5.00. The van der Waals surface area contributed by atoms with Crippen molar-refractivity contribution in [2.45, 2.75) is 44.2 Å². The largest absolute Gasteiger partial charge is 0.416 e. The summed E-state index contributed by atoms with van der Waals surface area (Å²) < 4.78 is 76.1. The van der Waals surface area contributed by atoms with Crippen molar-refractivity contribution in [2.75, 3.05) is 0 Å². The predicted octanol–water partition coefficient (Wildman–Crippen LogP) is 4.54. The first-order chi connectivity index (χ1) is 9.07. The first-order valence-electron chi connectivity index (χ1n) is 6.13. The molecule has 1 aromatic carbocycles. The normalized spacial score (nSPS) is 18.1. The Labute approximate surface area is 112 Å². The maximum absolute atomic E-state index is 12.7. The van der Waals surface area contributed by atoms with Crippen LogP contribution in [0.25, 0.3) is 0 Å². The van der Waals surface area contributed by atoms with E-state index < -0.39 is 29.5 Å². The summed E-state index contributed by atoms with van der Waals surface area (Å²) in [7, 11) is 0. The van der Waals surface area contributed by atoms with Crippen molar-refractivity contribution in [1.82, 2.24) is 5.32 Å². The summed E-state index contributed by atoms with van der Waals surface area (Å²) in [5.74, 6) is 0. The number of nitrogens with one attached hydrogen (secondary N) is 1. The molecule has 1 aliphatic rings. The average Bonchev–Trinajstić information content (AvgIpc) is 3.10. The summed E-state index contributed by atoms with van der Waals surface area (Å²) in [5, 5.41) is 2.99. The molecule has 7 heteroatoms. The predicted molar refractivity (Wildman–Crippen MR) is 61.0 cm³/mol. The van der Waals surface area contributed by atoms with Crippen LogP contribution >= 0.6 is 0 Å². The van der Waals surface area contributed by atoms with Gasteiger partial charge in [0.15, 0.2) is 0 Å². The molecule has 0 saturated heterocycles. The van der Waals surface area contributed by atoms with E-state index in [9.17, 15) is 26.3 Å². The van der Waals surface area contributed by atoms with Gasteiger partial charge in [-0.3, -0.25) is 0 Å². The number of benzene rings is 1. The van der Waals surface area contributed by atoms with E-state index in [4.69, 9.17) is 0 Å². The van der Waals surface area contributed by atoms with Crippen LogP contribution in [-0.4, -0.2) is 6.04 Å². The fourth-order valence-electron chi connectivity index (χ4n) is 1.93. The highest BCUT2D eigenvalue weighted by atomic mass is 19.4. The Hall–Kier alpha value is -1.24. The zero-order chi connectivity index (χ0) is 15.1. The summed E-state index contributed by atoms with van der Waals surface area (Å²) in [6, 6.07) is 1.33. The summed E-state index contributed by atoms with van der Waals surface area (Å²) >= 11 is 0. The molecular formula is C13H13F6N. The molecule has 1 nitrogen and oxygen atoms in total. The van der Waals surface area contributed by atoms with Crippen LogP contribution in [0.4, 0.5) is 26.3 Å². The third kappa shape index (κ3) is 3.65. The van der Waals surface area contributed by atoms with Gasteiger partial charge in [-0.25, -0.2) is 0 Å². The van der Waals surface area contributed by atoms with Gasteiger partial charge in [0.1, 0.15) is 0 Å². The molecule has 1 atom stereocenters. The molecule has 1 aliphatic carbocycles. The molecule has 2 rings (SSSR count). The summed E-state index contributed by atoms with van der Waals surface area (Å²) in [5.41, 5.74) is -2.54. The molecule has 1 N–H and O–H groups in total. The molecule has 0 aromatic heterocycles. The van der Waals surface area contributed by atoms with Gasteiger partial charge >= 0.3 is 12.4 Å². The lowest BCUT2D eigenvalue weighted by Crippen LogP contribution is -2.22. The molecule has 1 saturated carbocycles. The van der Waals surface area contributed by atoms with Gasteiger partial charge in [-0.05, 0) is 43.5 Å². The van der Waals surface area contributed by atoms with E-state index in [-0.39, 0.29) is 17.7 Å². The highest BCUT2D eigenvalue weighted by Gasteiger charge is 2.37. The van der Waals surface area contributed by atoms with Crippen LogP contribution in [0.1, 0.15) is 42.5 Å². The summed E-state index contributed by atoms with van der Waals surface area (Å²) in [4.78, 5) is 0. The number of hydrogen-bond acceptors (Lipinski definition) is 1. The topological polar surface area (TPSA) is 12.0 Å². The number of halogens is 6. The Kier molecular flexibility index (Phi) is 3.75. The zero-order valence-electron chi connectivity index (χ0n) is 10.6. The van der Waals surface area contributed by atoms with Crippen molar-refractivity contribution in [2.24, 2.45) is 0 Å². The van der Waals surface area contributed by atoms with Gasteiger partial charge in [0, 0.05) is 12.1 Å². The first kappa shape index (κ1) is 15.2. The van der Waals surface area contributed by atoms with E-state index in [1.165, 1.54) is 0 Å². The van der Waals surface area contributed by atoms with Gasteiger partial charge in [0.2, 0.25) is 0 Å². The number of hydrogen-bond donors (Lipinski definition) is 1. The van der Waals surface area contributed by atoms with Crippen LogP contribution in [0.5, 0.6) is 0 Å². The molecule has 20 heavy (non-hydrogen) atoms. The molecule has 0 bridgehead atoms. The Balaban J connectivity index is 2.39. The Morgan fingerprint density at radius 2 is 1.40 bits per heavy atom. The van der Waals surface area contributed by atoms with Crippen molar-refractivity contribution in [3.63, 3.8) is 0 Å². The summed E-state index contributed by atoms with van der Waals surface area (Å²) in [6.45, 7) is 1.56. The van der Waals surface area contributed by atoms with E-state index in [0.717, 1.165) is 25.0 Å². The molecule has 0 spiro atoms. The SMILES string of the molecule is CC(NC1CC1)c1cc(C(F)(F)F)cc(C(F)(F)F)c1. The lowest BCUT2D eigenvalue weighted by Gasteiger charge is -2.18. The molecule has 1 unspecified atom stereocenters. The highest BCUT2D eigenvalue weighted by molar-refractivity contribution is 5.35. The lowest BCUT2D eigenvalue weighted by molar-refractivity contribution is -0.143. The minimum Gasteiger partial charge on any atom is -0.307 e. The van der Waals surface area contributed by atoms with Gasteiger partial charge in [-0.15, -0.1) is 0 Å². The monoisotopic (exact) mass is 297 g/mol. The fourth-order valence-corrected chi connectivity index (χ4v) is 1.93. The second kappa shape index (κ2) is 4.95. The second-order valence-corrected chi connectivity index (χ2v) is 5.00. The van der Waals surface area contributed by atoms with E-state index in [1.807, 2.05) is 0 Å². The van der Waals surface area contributed by atoms with E-state index in [1.54, 1.807) is 6.92 Å². The molecule has 0 radical (unpaired) electrons. The molecule has 0 aliphatic heterocycles. The van der Waals surface area contributed by atoms with Crippen molar-refractivity contribution in [3.05, 3.63) is 34.9 Å². The third-order valence-corrected chi connectivity index (χ3v) is 3.17. The van der Waals surface area contributed by atoms with Crippen LogP contribution in [0.15, 0.2) is 18.2 Å². The standard InChI is InChI=1S/C13H13F6N/c1-7(20-11-2-3-11)8-4-9(12(14,15)16)6-10(5-8)13(17,18)19/h4-7,11,20H,2-3H2,1H3. The molecule has 112 valence electrons. The quantitative estimate of drug-likeness (QED) is 0.808. The van der Waals surface area contributed by atoms with Crippen molar-refractivity contribution in [1.29, 1.82) is 0 Å². The smallest absolute Gasteiger partial charge is 0.307 e. The van der Waals surface area contributed by atoms with Crippen molar-refractivity contribution >= 4 is 0 Å². The van der Waals surface area contributed by atoms with Gasteiger partial charge in [-0.1, -0.05) is 0 Å². The third-order valence-electron chi connectivity index (χ3n) is 3.17. The fraction of sp³-hybridized carbons (Fsp3) is 0.538. The Morgan fingerprint density at radius 3 is 1.75 bits per heavy atom. The van der Waals surface area contributed by atoms with Gasteiger partial charge < -0.3 is 5.32 Å². The zero-order valence-corrected chi connectivity index (χ0v) is 10.6. The minimum atomic E-state index is -4.80. The maximum Gasteiger partial charge on any atom is 0.416 e. The molecular weight excluding hydrogens is 284 g/mol. The van der Waals surface area contributed by atoms with Gasteiger partial charge in [0.25, 0.3) is 0 Å². The van der Waals surface area contributed by atoms with Crippen molar-refractivity contribution < 1.29 is 26.3 Å². The van der Waals surface area contributed by atoms with Crippen LogP contribution < -0.4 is 5.32 Å². The van der Waals surface area contributed by atoms with Gasteiger partial charge in [-0.2, -0.15) is 26.3 Å². The van der Waals surface area contributed by atoms with Crippen LogP contribution in [-0.2, 0) is 12.4 Å². The molecule has 0 heterocycles. The molecule has 1 aromatic rings. The van der Waals surface area contributed by atoms with Crippen LogP contribution in [0.2, 0.25) is 0 Å². The highest BCUT2D eigenvalue weighted by Crippen LogP contribution is 2.37. The molecule has 0 amide bonds. The van der Waals surface area contributed by atoms with Crippen LogP contribution in [0.3, 0.4) is 0 Å². The Morgan fingerprint density at radius 1 is 0.950 bits per heavy atom. The number of alkyl halides is 6. The number of rotatable bonds is 3. The van der Waals surface area contributed by atoms with Crippen molar-refractivity contribution in [3.8, 4) is 0 Å². The minimum absolute atomic E-state index is 0.000880. The van der Waals surface area contributed by atoms with Gasteiger partial charge in [0.05, 0.1) is 11.1 Å². The lowest BCUT2D eigenvalue weighted by atomic mass is 10.0.